The van der Waals surface area contributed by atoms with Gasteiger partial charge in [0.25, 0.3) is 0 Å². The number of hydrogen-bond donors (Lipinski definition) is 0. The Hall–Kier alpha value is 0.110. The van der Waals surface area contributed by atoms with Crippen LogP contribution in [0.4, 0.5) is 0 Å². The normalized spacial score (nSPS) is 29.0. The molecule has 0 bridgehead atoms. The first kappa shape index (κ1) is 14.2. The Morgan fingerprint density at radius 2 is 2.00 bits per heavy atom. The van der Waals surface area contributed by atoms with Crippen LogP contribution in [0.25, 0.3) is 0 Å². The Labute approximate surface area is 109 Å². The molecule has 1 nitrogen and oxygen atoms in total. The minimum atomic E-state index is -0.0200. The average Bonchev–Trinajstić information content (AvgIpc) is 2.39. The van der Waals surface area contributed by atoms with Crippen LogP contribution in [0.1, 0.15) is 41.0 Å². The predicted molar refractivity (Wildman–Crippen MR) is 79.6 cm³/mol. The standard InChI is InChI=1S/C13H23NS2/c1-8-9-13(15-7)12(5,6)14-10(16-13)11(2,3)4/h8H,1,9H2,2-7H3. The lowest BCUT2D eigenvalue weighted by Gasteiger charge is -2.36. The first-order valence-electron chi connectivity index (χ1n) is 5.64. The number of rotatable bonds is 3. The lowest BCUT2D eigenvalue weighted by molar-refractivity contribution is 0.474. The van der Waals surface area contributed by atoms with Crippen LogP contribution >= 0.6 is 23.5 Å². The van der Waals surface area contributed by atoms with Crippen molar-refractivity contribution in [3.05, 3.63) is 12.7 Å². The molecule has 0 saturated heterocycles. The fraction of sp³-hybridized carbons (Fsp3) is 0.769. The summed E-state index contributed by atoms with van der Waals surface area (Å²) in [4.78, 5) is 4.95. The molecule has 0 aromatic rings. The molecule has 1 rings (SSSR count). The maximum absolute atomic E-state index is 4.95. The Bertz CT molecular complexity index is 312. The van der Waals surface area contributed by atoms with Crippen LogP contribution in [-0.4, -0.2) is 20.9 Å². The summed E-state index contributed by atoms with van der Waals surface area (Å²) >= 11 is 3.85. The summed E-state index contributed by atoms with van der Waals surface area (Å²) in [6.45, 7) is 15.1. The zero-order chi connectivity index (χ0) is 12.6. The van der Waals surface area contributed by atoms with E-state index in [1.807, 2.05) is 29.6 Å². The van der Waals surface area contributed by atoms with Crippen molar-refractivity contribution >= 4 is 28.6 Å². The van der Waals surface area contributed by atoms with Crippen LogP contribution in [0.5, 0.6) is 0 Å². The topological polar surface area (TPSA) is 12.4 Å². The van der Waals surface area contributed by atoms with Crippen molar-refractivity contribution in [1.29, 1.82) is 0 Å². The minimum absolute atomic E-state index is 0.0200. The largest absolute Gasteiger partial charge is 0.274 e. The number of allylic oxidation sites excluding steroid dienone is 1. The zero-order valence-corrected chi connectivity index (χ0v) is 12.9. The van der Waals surface area contributed by atoms with Gasteiger partial charge in [-0.25, -0.2) is 0 Å². The highest BCUT2D eigenvalue weighted by Gasteiger charge is 2.51. The van der Waals surface area contributed by atoms with E-state index in [1.165, 1.54) is 5.04 Å². The molecule has 0 fully saturated rings. The van der Waals surface area contributed by atoms with Gasteiger partial charge in [-0.15, -0.1) is 18.3 Å². The van der Waals surface area contributed by atoms with Gasteiger partial charge in [0.1, 0.15) is 0 Å². The van der Waals surface area contributed by atoms with Crippen molar-refractivity contribution in [2.24, 2.45) is 10.4 Å². The molecule has 0 aliphatic carbocycles. The van der Waals surface area contributed by atoms with Crippen LogP contribution in [0, 0.1) is 5.41 Å². The highest BCUT2D eigenvalue weighted by molar-refractivity contribution is 8.26. The molecule has 0 N–H and O–H groups in total. The Morgan fingerprint density at radius 3 is 2.31 bits per heavy atom. The first-order chi connectivity index (χ1) is 7.18. The van der Waals surface area contributed by atoms with Gasteiger partial charge < -0.3 is 0 Å². The van der Waals surface area contributed by atoms with E-state index in [9.17, 15) is 0 Å². The molecule has 1 atom stereocenters. The van der Waals surface area contributed by atoms with Gasteiger partial charge in [-0.3, -0.25) is 4.99 Å². The molecule has 0 aromatic carbocycles. The van der Waals surface area contributed by atoms with Crippen molar-refractivity contribution in [1.82, 2.24) is 0 Å². The maximum Gasteiger partial charge on any atom is 0.0945 e. The van der Waals surface area contributed by atoms with Gasteiger partial charge in [0.2, 0.25) is 0 Å². The van der Waals surface area contributed by atoms with E-state index in [2.05, 4.69) is 47.5 Å². The van der Waals surface area contributed by atoms with Gasteiger partial charge in [0, 0.05) is 5.41 Å². The van der Waals surface area contributed by atoms with E-state index >= 15 is 0 Å². The van der Waals surface area contributed by atoms with E-state index < -0.39 is 0 Å². The second kappa shape index (κ2) is 4.41. The van der Waals surface area contributed by atoms with E-state index in [0.29, 0.717) is 0 Å². The molecule has 0 saturated carbocycles. The maximum atomic E-state index is 4.95. The Kier molecular flexibility index (Phi) is 3.91. The molecule has 1 unspecified atom stereocenters. The third-order valence-electron chi connectivity index (χ3n) is 2.96. The summed E-state index contributed by atoms with van der Waals surface area (Å²) in [6, 6.07) is 0. The molecule has 92 valence electrons. The van der Waals surface area contributed by atoms with Crippen LogP contribution in [-0.2, 0) is 0 Å². The van der Waals surface area contributed by atoms with Crippen LogP contribution in [0.15, 0.2) is 17.6 Å². The number of aliphatic imine (C=N–C) groups is 1. The third kappa shape index (κ3) is 2.35. The van der Waals surface area contributed by atoms with Crippen molar-refractivity contribution in [3.63, 3.8) is 0 Å². The molecular weight excluding hydrogens is 234 g/mol. The molecule has 0 radical (unpaired) electrons. The average molecular weight is 257 g/mol. The van der Waals surface area contributed by atoms with E-state index in [-0.39, 0.29) is 15.0 Å². The summed E-state index contributed by atoms with van der Waals surface area (Å²) in [5, 5.41) is 1.27. The van der Waals surface area contributed by atoms with Crippen LogP contribution in [0.3, 0.4) is 0 Å². The Balaban J connectivity index is 3.09. The molecule has 0 aromatic heterocycles. The van der Waals surface area contributed by atoms with Gasteiger partial charge in [-0.1, -0.05) is 38.6 Å². The first-order valence-corrected chi connectivity index (χ1v) is 7.68. The van der Waals surface area contributed by atoms with E-state index in [4.69, 9.17) is 4.99 Å². The lowest BCUT2D eigenvalue weighted by Crippen LogP contribution is -2.39. The van der Waals surface area contributed by atoms with E-state index in [1.54, 1.807) is 0 Å². The fourth-order valence-electron chi connectivity index (χ4n) is 1.82. The summed E-state index contributed by atoms with van der Waals surface area (Å²) in [6.07, 6.45) is 5.20. The smallest absolute Gasteiger partial charge is 0.0945 e. The van der Waals surface area contributed by atoms with Crippen molar-refractivity contribution < 1.29 is 0 Å². The fourth-order valence-corrected chi connectivity index (χ4v) is 4.61. The number of thioether (sulfide) groups is 2. The molecule has 0 amide bonds. The van der Waals surface area contributed by atoms with Gasteiger partial charge in [-0.05, 0) is 26.5 Å². The van der Waals surface area contributed by atoms with Crippen molar-refractivity contribution in [2.45, 2.75) is 50.7 Å². The molecule has 1 heterocycles. The monoisotopic (exact) mass is 257 g/mol. The molecule has 1 aliphatic rings. The van der Waals surface area contributed by atoms with Gasteiger partial charge in [-0.2, -0.15) is 0 Å². The van der Waals surface area contributed by atoms with Gasteiger partial charge in [0.15, 0.2) is 0 Å². The molecule has 16 heavy (non-hydrogen) atoms. The molecular formula is C13H23NS2. The SMILES string of the molecule is C=CCC1(SC)SC(C(C)(C)C)=NC1(C)C. The van der Waals surface area contributed by atoms with Gasteiger partial charge in [0.05, 0.1) is 14.7 Å². The summed E-state index contributed by atoms with van der Waals surface area (Å²) in [5.74, 6) is 0. The number of hydrogen-bond acceptors (Lipinski definition) is 3. The second-order valence-electron chi connectivity index (χ2n) is 5.78. The second-order valence-corrected chi connectivity index (χ2v) is 8.43. The summed E-state index contributed by atoms with van der Waals surface area (Å²) in [5.41, 5.74) is 0.133. The van der Waals surface area contributed by atoms with Crippen LogP contribution in [0.2, 0.25) is 0 Å². The highest BCUT2D eigenvalue weighted by atomic mass is 32.2. The highest BCUT2D eigenvalue weighted by Crippen LogP contribution is 2.56. The Morgan fingerprint density at radius 1 is 1.44 bits per heavy atom. The molecule has 0 spiro atoms. The lowest BCUT2D eigenvalue weighted by atomic mass is 9.95. The van der Waals surface area contributed by atoms with Gasteiger partial charge >= 0.3 is 0 Å². The molecule has 1 aliphatic heterocycles. The summed E-state index contributed by atoms with van der Waals surface area (Å²) < 4.78 is 0.122. The minimum Gasteiger partial charge on any atom is -0.274 e. The van der Waals surface area contributed by atoms with Crippen molar-refractivity contribution in [2.75, 3.05) is 6.26 Å². The third-order valence-corrected chi connectivity index (χ3v) is 6.93. The van der Waals surface area contributed by atoms with Crippen molar-refractivity contribution in [3.8, 4) is 0 Å². The molecule has 3 heteroatoms. The predicted octanol–water partition coefficient (Wildman–Crippen LogP) is 4.59. The quantitative estimate of drug-likeness (QED) is 0.686. The van der Waals surface area contributed by atoms with Crippen LogP contribution < -0.4 is 0 Å². The van der Waals surface area contributed by atoms with E-state index in [0.717, 1.165) is 6.42 Å². The summed E-state index contributed by atoms with van der Waals surface area (Å²) in [7, 11) is 0. The zero-order valence-electron chi connectivity index (χ0n) is 11.3. The number of nitrogens with zero attached hydrogens (tertiary/aromatic N) is 1.